The predicted octanol–water partition coefficient (Wildman–Crippen LogP) is 2.51. The lowest BCUT2D eigenvalue weighted by Gasteiger charge is -2.12. The summed E-state index contributed by atoms with van der Waals surface area (Å²) in [6.07, 6.45) is 2.24. The Morgan fingerprint density at radius 3 is 3.22 bits per heavy atom. The molecule has 0 bridgehead atoms. The van der Waals surface area contributed by atoms with E-state index < -0.39 is 0 Å². The average molecular weight is 312 g/mol. The minimum atomic E-state index is 0.651. The lowest BCUT2D eigenvalue weighted by atomic mass is 10.1. The van der Waals surface area contributed by atoms with Crippen LogP contribution in [-0.2, 0) is 17.8 Å². The standard InChI is InChI=1S/C14H18BrNO2/c15-13-5-11-2-4-18-14(11)12(6-13)9-17-8-10-1-3-16-7-10/h5-6,10,16H,1-4,7-9H2. The Kier molecular flexibility index (Phi) is 3.87. The highest BCUT2D eigenvalue weighted by atomic mass is 79.9. The largest absolute Gasteiger partial charge is 0.493 e. The van der Waals surface area contributed by atoms with Crippen molar-refractivity contribution in [3.63, 3.8) is 0 Å². The number of rotatable bonds is 4. The van der Waals surface area contributed by atoms with Crippen LogP contribution in [0.15, 0.2) is 16.6 Å². The van der Waals surface area contributed by atoms with Crippen LogP contribution in [0.5, 0.6) is 5.75 Å². The van der Waals surface area contributed by atoms with Crippen molar-refractivity contribution in [1.29, 1.82) is 0 Å². The zero-order chi connectivity index (χ0) is 12.4. The summed E-state index contributed by atoms with van der Waals surface area (Å²) in [6.45, 7) is 4.51. The zero-order valence-corrected chi connectivity index (χ0v) is 12.0. The van der Waals surface area contributed by atoms with Crippen LogP contribution < -0.4 is 10.1 Å². The van der Waals surface area contributed by atoms with Crippen LogP contribution in [-0.4, -0.2) is 26.3 Å². The highest BCUT2D eigenvalue weighted by molar-refractivity contribution is 9.10. The van der Waals surface area contributed by atoms with Crippen molar-refractivity contribution in [2.45, 2.75) is 19.4 Å². The van der Waals surface area contributed by atoms with Gasteiger partial charge in [0.15, 0.2) is 0 Å². The van der Waals surface area contributed by atoms with Gasteiger partial charge >= 0.3 is 0 Å². The van der Waals surface area contributed by atoms with E-state index in [1.54, 1.807) is 0 Å². The predicted molar refractivity (Wildman–Crippen MR) is 74.0 cm³/mol. The van der Waals surface area contributed by atoms with Crippen molar-refractivity contribution in [3.8, 4) is 5.75 Å². The number of ether oxygens (including phenoxy) is 2. The maximum absolute atomic E-state index is 5.84. The molecule has 1 N–H and O–H groups in total. The van der Waals surface area contributed by atoms with Gasteiger partial charge < -0.3 is 14.8 Å². The first-order valence-electron chi connectivity index (χ1n) is 6.55. The van der Waals surface area contributed by atoms with Gasteiger partial charge in [0, 0.05) is 23.0 Å². The molecule has 1 aromatic rings. The zero-order valence-electron chi connectivity index (χ0n) is 10.4. The third-order valence-electron chi connectivity index (χ3n) is 3.60. The SMILES string of the molecule is Brc1cc2c(c(COCC3CCNC3)c1)OCC2. The number of hydrogen-bond acceptors (Lipinski definition) is 3. The summed E-state index contributed by atoms with van der Waals surface area (Å²) >= 11 is 3.55. The molecule has 3 rings (SSSR count). The van der Waals surface area contributed by atoms with Gasteiger partial charge in [-0.15, -0.1) is 0 Å². The van der Waals surface area contributed by atoms with Crippen LogP contribution in [0.25, 0.3) is 0 Å². The average Bonchev–Trinajstić information content (AvgIpc) is 2.98. The molecule has 2 heterocycles. The second-order valence-corrected chi connectivity index (χ2v) is 5.94. The monoisotopic (exact) mass is 311 g/mol. The molecule has 0 radical (unpaired) electrons. The maximum Gasteiger partial charge on any atom is 0.128 e. The van der Waals surface area contributed by atoms with Crippen molar-refractivity contribution in [2.75, 3.05) is 26.3 Å². The van der Waals surface area contributed by atoms with Gasteiger partial charge in [0.05, 0.1) is 19.8 Å². The van der Waals surface area contributed by atoms with Crippen molar-refractivity contribution >= 4 is 15.9 Å². The third-order valence-corrected chi connectivity index (χ3v) is 4.06. The fourth-order valence-corrected chi connectivity index (χ4v) is 3.20. The normalized spacial score (nSPS) is 21.9. The van der Waals surface area contributed by atoms with Crippen LogP contribution >= 0.6 is 15.9 Å². The minimum absolute atomic E-state index is 0.651. The molecule has 0 amide bonds. The van der Waals surface area contributed by atoms with E-state index in [9.17, 15) is 0 Å². The molecule has 1 saturated heterocycles. The topological polar surface area (TPSA) is 30.5 Å². The molecular weight excluding hydrogens is 294 g/mol. The molecule has 1 aromatic carbocycles. The fourth-order valence-electron chi connectivity index (χ4n) is 2.65. The highest BCUT2D eigenvalue weighted by Crippen LogP contribution is 2.33. The molecule has 2 aliphatic rings. The molecule has 0 spiro atoms. The van der Waals surface area contributed by atoms with E-state index in [0.717, 1.165) is 42.9 Å². The van der Waals surface area contributed by atoms with Gasteiger partial charge in [-0.05, 0) is 36.6 Å². The van der Waals surface area contributed by atoms with E-state index in [-0.39, 0.29) is 0 Å². The van der Waals surface area contributed by atoms with Crippen LogP contribution in [0, 0.1) is 5.92 Å². The first kappa shape index (κ1) is 12.5. The van der Waals surface area contributed by atoms with Crippen LogP contribution in [0.4, 0.5) is 0 Å². The lowest BCUT2D eigenvalue weighted by Crippen LogP contribution is -2.13. The summed E-state index contributed by atoms with van der Waals surface area (Å²) in [4.78, 5) is 0. The van der Waals surface area contributed by atoms with Gasteiger partial charge in [0.1, 0.15) is 5.75 Å². The van der Waals surface area contributed by atoms with Gasteiger partial charge in [-0.25, -0.2) is 0 Å². The Morgan fingerprint density at radius 2 is 2.39 bits per heavy atom. The number of hydrogen-bond donors (Lipinski definition) is 1. The molecule has 3 nitrogen and oxygen atoms in total. The molecule has 4 heteroatoms. The summed E-state index contributed by atoms with van der Waals surface area (Å²) in [5.74, 6) is 1.72. The summed E-state index contributed by atoms with van der Waals surface area (Å²) in [6, 6.07) is 4.25. The van der Waals surface area contributed by atoms with E-state index in [1.165, 1.54) is 17.5 Å². The Morgan fingerprint density at radius 1 is 1.44 bits per heavy atom. The molecule has 18 heavy (non-hydrogen) atoms. The van der Waals surface area contributed by atoms with E-state index in [2.05, 4.69) is 33.4 Å². The summed E-state index contributed by atoms with van der Waals surface area (Å²) in [5.41, 5.74) is 2.47. The molecule has 98 valence electrons. The molecule has 1 unspecified atom stereocenters. The minimum Gasteiger partial charge on any atom is -0.493 e. The van der Waals surface area contributed by atoms with Gasteiger partial charge in [0.25, 0.3) is 0 Å². The summed E-state index contributed by atoms with van der Waals surface area (Å²) in [7, 11) is 0. The Balaban J connectivity index is 1.61. The van der Waals surface area contributed by atoms with Gasteiger partial charge in [-0.1, -0.05) is 15.9 Å². The fraction of sp³-hybridized carbons (Fsp3) is 0.571. The molecule has 0 saturated carbocycles. The molecular formula is C14H18BrNO2. The molecule has 1 atom stereocenters. The van der Waals surface area contributed by atoms with E-state index in [4.69, 9.17) is 9.47 Å². The van der Waals surface area contributed by atoms with Crippen molar-refractivity contribution in [1.82, 2.24) is 5.32 Å². The van der Waals surface area contributed by atoms with E-state index in [0.29, 0.717) is 12.5 Å². The second-order valence-electron chi connectivity index (χ2n) is 5.03. The highest BCUT2D eigenvalue weighted by Gasteiger charge is 2.18. The van der Waals surface area contributed by atoms with Crippen LogP contribution in [0.2, 0.25) is 0 Å². The van der Waals surface area contributed by atoms with Crippen LogP contribution in [0.1, 0.15) is 17.5 Å². The van der Waals surface area contributed by atoms with E-state index >= 15 is 0 Å². The first-order chi connectivity index (χ1) is 8.83. The van der Waals surface area contributed by atoms with Crippen molar-refractivity contribution in [3.05, 3.63) is 27.7 Å². The number of benzene rings is 1. The third kappa shape index (κ3) is 2.71. The Labute approximate surface area is 116 Å². The maximum atomic E-state index is 5.84. The molecule has 0 aromatic heterocycles. The summed E-state index contributed by atoms with van der Waals surface area (Å²) in [5, 5.41) is 3.36. The van der Waals surface area contributed by atoms with Gasteiger partial charge in [-0.3, -0.25) is 0 Å². The van der Waals surface area contributed by atoms with Gasteiger partial charge in [-0.2, -0.15) is 0 Å². The van der Waals surface area contributed by atoms with Gasteiger partial charge in [0.2, 0.25) is 0 Å². The van der Waals surface area contributed by atoms with Crippen LogP contribution in [0.3, 0.4) is 0 Å². The van der Waals surface area contributed by atoms with Crippen molar-refractivity contribution in [2.24, 2.45) is 5.92 Å². The quantitative estimate of drug-likeness (QED) is 0.927. The summed E-state index contributed by atoms with van der Waals surface area (Å²) < 4.78 is 12.7. The molecule has 0 aliphatic carbocycles. The van der Waals surface area contributed by atoms with E-state index in [1.807, 2.05) is 0 Å². The molecule has 2 aliphatic heterocycles. The lowest BCUT2D eigenvalue weighted by molar-refractivity contribution is 0.0909. The number of halogens is 1. The smallest absolute Gasteiger partial charge is 0.128 e. The molecule has 1 fully saturated rings. The number of nitrogens with one attached hydrogen (secondary N) is 1. The second kappa shape index (κ2) is 5.59. The number of fused-ring (bicyclic) bond motifs is 1. The first-order valence-corrected chi connectivity index (χ1v) is 7.35. The Bertz CT molecular complexity index is 430. The Hall–Kier alpha value is -0.580. The van der Waals surface area contributed by atoms with Crippen molar-refractivity contribution < 1.29 is 9.47 Å².